The number of aromatic nitrogens is 1. The summed E-state index contributed by atoms with van der Waals surface area (Å²) < 4.78 is 6.90. The lowest BCUT2D eigenvalue weighted by Crippen LogP contribution is -2.27. The van der Waals surface area contributed by atoms with Crippen molar-refractivity contribution in [1.82, 2.24) is 10.3 Å². The van der Waals surface area contributed by atoms with Gasteiger partial charge in [0.05, 0.1) is 26.5 Å². The molecule has 6 nitrogen and oxygen atoms in total. The fourth-order valence-corrected chi connectivity index (χ4v) is 5.37. The van der Waals surface area contributed by atoms with E-state index < -0.39 is 0 Å². The number of aryl methyl sites for hydroxylation is 1. The predicted molar refractivity (Wildman–Crippen MR) is 124 cm³/mol. The SMILES string of the molecule is O=C1CCc2cc(OCCNC(=O)c3ccc(-c4nc5ccccc5s4)s3)ccc2N1. The normalized spacial score (nSPS) is 13.0. The van der Waals surface area contributed by atoms with Crippen LogP contribution in [0.1, 0.15) is 21.7 Å². The van der Waals surface area contributed by atoms with Crippen LogP contribution in [0.2, 0.25) is 0 Å². The molecule has 31 heavy (non-hydrogen) atoms. The van der Waals surface area contributed by atoms with Crippen LogP contribution in [0.5, 0.6) is 5.75 Å². The van der Waals surface area contributed by atoms with Crippen molar-refractivity contribution in [2.45, 2.75) is 12.8 Å². The molecule has 3 heterocycles. The zero-order valence-electron chi connectivity index (χ0n) is 16.5. The minimum Gasteiger partial charge on any atom is -0.492 e. The maximum atomic E-state index is 12.5. The highest BCUT2D eigenvalue weighted by molar-refractivity contribution is 7.26. The van der Waals surface area contributed by atoms with Crippen LogP contribution >= 0.6 is 22.7 Å². The van der Waals surface area contributed by atoms with Gasteiger partial charge in [0.15, 0.2) is 0 Å². The zero-order valence-corrected chi connectivity index (χ0v) is 18.1. The third kappa shape index (κ3) is 4.30. The number of carbonyl (C=O) groups excluding carboxylic acids is 2. The summed E-state index contributed by atoms with van der Waals surface area (Å²) in [6.45, 7) is 0.772. The lowest BCUT2D eigenvalue weighted by atomic mass is 10.0. The maximum absolute atomic E-state index is 12.5. The van der Waals surface area contributed by atoms with E-state index in [1.165, 1.54) is 11.3 Å². The molecule has 156 valence electrons. The molecule has 5 rings (SSSR count). The van der Waals surface area contributed by atoms with Gasteiger partial charge in [-0.25, -0.2) is 4.98 Å². The van der Waals surface area contributed by atoms with Gasteiger partial charge in [0.25, 0.3) is 5.91 Å². The van der Waals surface area contributed by atoms with Crippen molar-refractivity contribution in [3.05, 3.63) is 65.0 Å². The molecule has 1 aliphatic rings. The number of nitrogens with zero attached hydrogens (tertiary/aromatic N) is 1. The second kappa shape index (κ2) is 8.49. The number of ether oxygens (including phenoxy) is 1. The first-order valence-electron chi connectivity index (χ1n) is 9.95. The van der Waals surface area contributed by atoms with E-state index in [0.717, 1.165) is 37.1 Å². The third-order valence-electron chi connectivity index (χ3n) is 4.96. The Hall–Kier alpha value is -3.23. The summed E-state index contributed by atoms with van der Waals surface area (Å²) in [6, 6.07) is 17.4. The number of carbonyl (C=O) groups is 2. The third-order valence-corrected chi connectivity index (χ3v) is 7.25. The molecule has 0 saturated heterocycles. The first-order valence-corrected chi connectivity index (χ1v) is 11.6. The summed E-state index contributed by atoms with van der Waals surface area (Å²) in [7, 11) is 0. The van der Waals surface area contributed by atoms with Crippen LogP contribution in [0.4, 0.5) is 5.69 Å². The van der Waals surface area contributed by atoms with E-state index in [1.807, 2.05) is 48.5 Å². The lowest BCUT2D eigenvalue weighted by molar-refractivity contribution is -0.116. The summed E-state index contributed by atoms with van der Waals surface area (Å²) in [5, 5.41) is 6.68. The minimum atomic E-state index is -0.117. The number of thiazole rings is 1. The number of anilines is 1. The van der Waals surface area contributed by atoms with E-state index in [0.29, 0.717) is 30.9 Å². The Balaban J connectivity index is 1.15. The highest BCUT2D eigenvalue weighted by Crippen LogP contribution is 2.34. The number of amides is 2. The molecular weight excluding hydrogens is 430 g/mol. The lowest BCUT2D eigenvalue weighted by Gasteiger charge is -2.17. The Bertz CT molecular complexity index is 1250. The quantitative estimate of drug-likeness (QED) is 0.418. The van der Waals surface area contributed by atoms with Crippen LogP contribution < -0.4 is 15.4 Å². The molecule has 0 aliphatic carbocycles. The average molecular weight is 450 g/mol. The van der Waals surface area contributed by atoms with E-state index in [4.69, 9.17) is 4.74 Å². The molecule has 2 N–H and O–H groups in total. The van der Waals surface area contributed by atoms with Crippen molar-refractivity contribution in [2.75, 3.05) is 18.5 Å². The van der Waals surface area contributed by atoms with Crippen molar-refractivity contribution < 1.29 is 14.3 Å². The Labute approximate surface area is 186 Å². The van der Waals surface area contributed by atoms with Gasteiger partial charge in [0.1, 0.15) is 17.4 Å². The Kier molecular flexibility index (Phi) is 5.40. The van der Waals surface area contributed by atoms with E-state index in [-0.39, 0.29) is 11.8 Å². The molecule has 0 unspecified atom stereocenters. The number of rotatable bonds is 6. The number of hydrogen-bond acceptors (Lipinski definition) is 6. The highest BCUT2D eigenvalue weighted by atomic mass is 32.1. The standard InChI is InChI=1S/C23H19N3O3S2/c27-21-10-5-14-13-15(6-7-16(14)25-21)29-12-11-24-22(28)19-8-9-20(30-19)23-26-17-3-1-2-4-18(17)31-23/h1-4,6-9,13H,5,10-12H2,(H,24,28)(H,25,27). The topological polar surface area (TPSA) is 80.3 Å². The summed E-state index contributed by atoms with van der Waals surface area (Å²) >= 11 is 3.07. The van der Waals surface area contributed by atoms with E-state index in [9.17, 15) is 9.59 Å². The average Bonchev–Trinajstić information content (AvgIpc) is 3.43. The second-order valence-electron chi connectivity index (χ2n) is 7.12. The Morgan fingerprint density at radius 2 is 2.00 bits per heavy atom. The van der Waals surface area contributed by atoms with E-state index >= 15 is 0 Å². The molecule has 2 aromatic carbocycles. The molecule has 1 aliphatic heterocycles. The van der Waals surface area contributed by atoms with Crippen molar-refractivity contribution in [1.29, 1.82) is 0 Å². The summed E-state index contributed by atoms with van der Waals surface area (Å²) in [5.41, 5.74) is 2.89. The van der Waals surface area contributed by atoms with E-state index in [2.05, 4.69) is 21.7 Å². The summed E-state index contributed by atoms with van der Waals surface area (Å²) in [6.07, 6.45) is 1.21. The van der Waals surface area contributed by atoms with Crippen molar-refractivity contribution in [2.24, 2.45) is 0 Å². The number of hydrogen-bond donors (Lipinski definition) is 2. The molecule has 2 amide bonds. The fraction of sp³-hybridized carbons (Fsp3) is 0.174. The minimum absolute atomic E-state index is 0.0451. The Morgan fingerprint density at radius 3 is 2.90 bits per heavy atom. The van der Waals surface area contributed by atoms with Gasteiger partial charge in [-0.3, -0.25) is 9.59 Å². The van der Waals surface area contributed by atoms with Gasteiger partial charge in [0, 0.05) is 12.1 Å². The van der Waals surface area contributed by atoms with Gasteiger partial charge in [-0.05, 0) is 54.4 Å². The molecule has 0 saturated carbocycles. The van der Waals surface area contributed by atoms with Crippen LogP contribution in [0.3, 0.4) is 0 Å². The van der Waals surface area contributed by atoms with Gasteiger partial charge in [-0.2, -0.15) is 0 Å². The van der Waals surface area contributed by atoms with E-state index in [1.54, 1.807) is 11.3 Å². The number of fused-ring (bicyclic) bond motifs is 2. The number of benzene rings is 2. The van der Waals surface area contributed by atoms with Crippen molar-refractivity contribution in [3.63, 3.8) is 0 Å². The molecule has 8 heteroatoms. The van der Waals surface area contributed by atoms with Crippen LogP contribution in [-0.4, -0.2) is 29.9 Å². The summed E-state index contributed by atoms with van der Waals surface area (Å²) in [5.74, 6) is 0.663. The van der Waals surface area contributed by atoms with Gasteiger partial charge >= 0.3 is 0 Å². The molecule has 0 atom stereocenters. The van der Waals surface area contributed by atoms with Crippen LogP contribution in [0.25, 0.3) is 20.1 Å². The molecule has 0 radical (unpaired) electrons. The largest absolute Gasteiger partial charge is 0.492 e. The monoisotopic (exact) mass is 449 g/mol. The smallest absolute Gasteiger partial charge is 0.261 e. The molecule has 0 fully saturated rings. The first kappa shape index (κ1) is 19.7. The Morgan fingerprint density at radius 1 is 1.10 bits per heavy atom. The fourth-order valence-electron chi connectivity index (χ4n) is 3.42. The molecule has 0 bridgehead atoms. The molecular formula is C23H19N3O3S2. The first-order chi connectivity index (χ1) is 15.2. The van der Waals surface area contributed by atoms with Crippen molar-refractivity contribution >= 4 is 50.4 Å². The molecule has 0 spiro atoms. The van der Waals surface area contributed by atoms with Gasteiger partial charge in [-0.15, -0.1) is 22.7 Å². The number of thiophene rings is 1. The summed E-state index contributed by atoms with van der Waals surface area (Å²) in [4.78, 5) is 30.2. The second-order valence-corrected chi connectivity index (χ2v) is 9.24. The van der Waals surface area contributed by atoms with Crippen LogP contribution in [0, 0.1) is 0 Å². The maximum Gasteiger partial charge on any atom is 0.261 e. The number of nitrogens with one attached hydrogen (secondary N) is 2. The van der Waals surface area contributed by atoms with Crippen LogP contribution in [0.15, 0.2) is 54.6 Å². The highest BCUT2D eigenvalue weighted by Gasteiger charge is 2.15. The van der Waals surface area contributed by atoms with Crippen molar-refractivity contribution in [3.8, 4) is 15.6 Å². The van der Waals surface area contributed by atoms with Gasteiger partial charge < -0.3 is 15.4 Å². The van der Waals surface area contributed by atoms with Gasteiger partial charge in [0.2, 0.25) is 5.91 Å². The molecule has 4 aromatic rings. The predicted octanol–water partition coefficient (Wildman–Crippen LogP) is 4.72. The van der Waals surface area contributed by atoms with Gasteiger partial charge in [-0.1, -0.05) is 12.1 Å². The van der Waals surface area contributed by atoms with Crippen LogP contribution in [-0.2, 0) is 11.2 Å². The zero-order chi connectivity index (χ0) is 21.2. The molecule has 2 aromatic heterocycles. The number of para-hydroxylation sites is 1.